The number of thioether (sulfide) groups is 1. The lowest BCUT2D eigenvalue weighted by Crippen LogP contribution is -2.38. The summed E-state index contributed by atoms with van der Waals surface area (Å²) in [7, 11) is 0. The standard InChI is InChI=1S/C18H19FN2OS/c19-14-6-8-16(9-7-14)23-17(13-4-2-1-3-5-13)18(22)21-15-10-11-20-12-15/h1-9,15,17,20H,10-12H2,(H,21,22). The Kier molecular flexibility index (Phi) is 5.31. The molecule has 1 amide bonds. The molecule has 120 valence electrons. The lowest BCUT2D eigenvalue weighted by Gasteiger charge is -2.19. The molecular weight excluding hydrogens is 311 g/mol. The Labute approximate surface area is 139 Å². The smallest absolute Gasteiger partial charge is 0.238 e. The van der Waals surface area contributed by atoms with E-state index in [-0.39, 0.29) is 23.0 Å². The van der Waals surface area contributed by atoms with Crippen LogP contribution in [-0.4, -0.2) is 25.0 Å². The zero-order valence-corrected chi connectivity index (χ0v) is 13.5. The Morgan fingerprint density at radius 1 is 1.17 bits per heavy atom. The summed E-state index contributed by atoms with van der Waals surface area (Å²) >= 11 is 1.44. The van der Waals surface area contributed by atoms with Gasteiger partial charge in [-0.25, -0.2) is 4.39 Å². The summed E-state index contributed by atoms with van der Waals surface area (Å²) in [5.74, 6) is -0.272. The Morgan fingerprint density at radius 2 is 1.91 bits per heavy atom. The number of nitrogens with one attached hydrogen (secondary N) is 2. The van der Waals surface area contributed by atoms with E-state index in [4.69, 9.17) is 0 Å². The minimum absolute atomic E-state index is 0.000718. The second kappa shape index (κ2) is 7.62. The van der Waals surface area contributed by atoms with E-state index in [0.29, 0.717) is 0 Å². The number of carbonyl (C=O) groups excluding carboxylic acids is 1. The van der Waals surface area contributed by atoms with Crippen LogP contribution in [0.5, 0.6) is 0 Å². The first-order valence-corrected chi connectivity index (χ1v) is 8.58. The molecule has 1 fully saturated rings. The fourth-order valence-corrected chi connectivity index (χ4v) is 3.64. The second-order valence-corrected chi connectivity index (χ2v) is 6.74. The Bertz CT molecular complexity index is 642. The van der Waals surface area contributed by atoms with Gasteiger partial charge in [-0.15, -0.1) is 11.8 Å². The number of halogens is 1. The van der Waals surface area contributed by atoms with Gasteiger partial charge in [0, 0.05) is 17.5 Å². The second-order valence-electron chi connectivity index (χ2n) is 5.56. The van der Waals surface area contributed by atoms with E-state index in [9.17, 15) is 9.18 Å². The zero-order chi connectivity index (χ0) is 16.1. The summed E-state index contributed by atoms with van der Waals surface area (Å²) in [6, 6.07) is 16.1. The summed E-state index contributed by atoms with van der Waals surface area (Å²) in [5, 5.41) is 6.02. The molecule has 2 atom stereocenters. The molecule has 0 saturated carbocycles. The van der Waals surface area contributed by atoms with Crippen LogP contribution in [0, 0.1) is 5.82 Å². The minimum atomic E-state index is -0.345. The largest absolute Gasteiger partial charge is 0.351 e. The van der Waals surface area contributed by atoms with Crippen molar-refractivity contribution >= 4 is 17.7 Å². The van der Waals surface area contributed by atoms with Crippen LogP contribution in [0.2, 0.25) is 0 Å². The third-order valence-electron chi connectivity index (χ3n) is 3.81. The topological polar surface area (TPSA) is 41.1 Å². The molecule has 0 aromatic heterocycles. The van der Waals surface area contributed by atoms with E-state index in [1.807, 2.05) is 30.3 Å². The molecule has 3 nitrogen and oxygen atoms in total. The van der Waals surface area contributed by atoms with Crippen LogP contribution in [0.15, 0.2) is 59.5 Å². The van der Waals surface area contributed by atoms with Gasteiger partial charge in [-0.1, -0.05) is 30.3 Å². The highest BCUT2D eigenvalue weighted by Crippen LogP contribution is 2.35. The van der Waals surface area contributed by atoms with Gasteiger partial charge in [-0.2, -0.15) is 0 Å². The predicted octanol–water partition coefficient (Wildman–Crippen LogP) is 3.14. The van der Waals surface area contributed by atoms with Crippen LogP contribution < -0.4 is 10.6 Å². The van der Waals surface area contributed by atoms with Gasteiger partial charge in [-0.3, -0.25) is 4.79 Å². The van der Waals surface area contributed by atoms with Crippen LogP contribution in [0.1, 0.15) is 17.2 Å². The number of benzene rings is 2. The number of hydrogen-bond donors (Lipinski definition) is 2. The molecular formula is C18H19FN2OS. The molecule has 0 aliphatic carbocycles. The summed E-state index contributed by atoms with van der Waals surface area (Å²) < 4.78 is 13.1. The lowest BCUT2D eigenvalue weighted by molar-refractivity contribution is -0.121. The Balaban J connectivity index is 1.78. The Morgan fingerprint density at radius 3 is 2.57 bits per heavy atom. The molecule has 3 rings (SSSR count). The van der Waals surface area contributed by atoms with E-state index in [1.54, 1.807) is 12.1 Å². The molecule has 0 radical (unpaired) electrons. The van der Waals surface area contributed by atoms with Crippen molar-refractivity contribution in [2.75, 3.05) is 13.1 Å². The Hall–Kier alpha value is -1.85. The van der Waals surface area contributed by atoms with Crippen molar-refractivity contribution in [1.29, 1.82) is 0 Å². The first-order chi connectivity index (χ1) is 11.2. The molecule has 23 heavy (non-hydrogen) atoms. The average molecular weight is 330 g/mol. The van der Waals surface area contributed by atoms with Crippen molar-refractivity contribution in [2.45, 2.75) is 22.6 Å². The number of rotatable bonds is 5. The first-order valence-electron chi connectivity index (χ1n) is 7.70. The maximum atomic E-state index is 13.1. The molecule has 2 aromatic rings. The van der Waals surface area contributed by atoms with E-state index in [1.165, 1.54) is 23.9 Å². The van der Waals surface area contributed by atoms with Crippen molar-refractivity contribution in [3.8, 4) is 0 Å². The molecule has 0 bridgehead atoms. The van der Waals surface area contributed by atoms with Gasteiger partial charge >= 0.3 is 0 Å². The predicted molar refractivity (Wildman–Crippen MR) is 90.9 cm³/mol. The average Bonchev–Trinajstić information content (AvgIpc) is 3.08. The summed E-state index contributed by atoms with van der Waals surface area (Å²) in [6.07, 6.45) is 0.953. The number of carbonyl (C=O) groups is 1. The van der Waals surface area contributed by atoms with Gasteiger partial charge < -0.3 is 10.6 Å². The maximum absolute atomic E-state index is 13.1. The van der Waals surface area contributed by atoms with Crippen LogP contribution >= 0.6 is 11.8 Å². The maximum Gasteiger partial charge on any atom is 0.238 e. The summed E-state index contributed by atoms with van der Waals surface area (Å²) in [4.78, 5) is 13.6. The van der Waals surface area contributed by atoms with Crippen LogP contribution in [0.25, 0.3) is 0 Å². The molecule has 1 heterocycles. The fourth-order valence-electron chi connectivity index (χ4n) is 2.60. The molecule has 0 spiro atoms. The number of hydrogen-bond acceptors (Lipinski definition) is 3. The van der Waals surface area contributed by atoms with Crippen molar-refractivity contribution in [2.24, 2.45) is 0 Å². The highest BCUT2D eigenvalue weighted by atomic mass is 32.2. The molecule has 2 N–H and O–H groups in total. The minimum Gasteiger partial charge on any atom is -0.351 e. The van der Waals surface area contributed by atoms with Gasteiger partial charge in [0.2, 0.25) is 5.91 Å². The van der Waals surface area contributed by atoms with Gasteiger partial charge in [0.05, 0.1) is 0 Å². The third-order valence-corrected chi connectivity index (χ3v) is 5.08. The van der Waals surface area contributed by atoms with E-state index in [2.05, 4.69) is 10.6 Å². The SMILES string of the molecule is O=C(NC1CCNC1)C(Sc1ccc(F)cc1)c1ccccc1. The van der Waals surface area contributed by atoms with E-state index >= 15 is 0 Å². The van der Waals surface area contributed by atoms with E-state index < -0.39 is 0 Å². The van der Waals surface area contributed by atoms with Gasteiger partial charge in [-0.05, 0) is 42.8 Å². The summed E-state index contributed by atoms with van der Waals surface area (Å²) in [5.41, 5.74) is 0.949. The monoisotopic (exact) mass is 330 g/mol. The van der Waals surface area contributed by atoms with Crippen LogP contribution in [-0.2, 0) is 4.79 Å². The van der Waals surface area contributed by atoms with Gasteiger partial charge in [0.15, 0.2) is 0 Å². The zero-order valence-electron chi connectivity index (χ0n) is 12.7. The van der Waals surface area contributed by atoms with Crippen molar-refractivity contribution in [3.63, 3.8) is 0 Å². The van der Waals surface area contributed by atoms with Crippen molar-refractivity contribution in [3.05, 3.63) is 66.0 Å². The van der Waals surface area contributed by atoms with Crippen molar-refractivity contribution < 1.29 is 9.18 Å². The molecule has 1 saturated heterocycles. The van der Waals surface area contributed by atoms with Gasteiger partial charge in [0.1, 0.15) is 11.1 Å². The van der Waals surface area contributed by atoms with E-state index in [0.717, 1.165) is 30.0 Å². The number of amides is 1. The molecule has 5 heteroatoms. The van der Waals surface area contributed by atoms with Crippen LogP contribution in [0.3, 0.4) is 0 Å². The quantitative estimate of drug-likeness (QED) is 0.828. The first kappa shape index (κ1) is 16.0. The van der Waals surface area contributed by atoms with Gasteiger partial charge in [0.25, 0.3) is 0 Å². The highest BCUT2D eigenvalue weighted by molar-refractivity contribution is 8.00. The third kappa shape index (κ3) is 4.33. The molecule has 1 aliphatic heterocycles. The highest BCUT2D eigenvalue weighted by Gasteiger charge is 2.25. The molecule has 1 aliphatic rings. The van der Waals surface area contributed by atoms with Crippen LogP contribution in [0.4, 0.5) is 4.39 Å². The normalized spacial score (nSPS) is 18.6. The summed E-state index contributed by atoms with van der Waals surface area (Å²) in [6.45, 7) is 1.75. The fraction of sp³-hybridized carbons (Fsp3) is 0.278. The molecule has 2 unspecified atom stereocenters. The lowest BCUT2D eigenvalue weighted by atomic mass is 10.1. The van der Waals surface area contributed by atoms with Crippen molar-refractivity contribution in [1.82, 2.24) is 10.6 Å². The molecule has 2 aromatic carbocycles.